The monoisotopic (exact) mass is 323 g/mol. The number of carbonyl (C=O) groups is 1. The van der Waals surface area contributed by atoms with Crippen molar-refractivity contribution in [2.24, 2.45) is 0 Å². The van der Waals surface area contributed by atoms with Crippen LogP contribution in [0.4, 0.5) is 17.5 Å². The molecule has 0 radical (unpaired) electrons. The summed E-state index contributed by atoms with van der Waals surface area (Å²) in [6.45, 7) is 2.03. The average Bonchev–Trinajstić information content (AvgIpc) is 2.53. The smallest absolute Gasteiger partial charge is 0.224 e. The van der Waals surface area contributed by atoms with E-state index in [9.17, 15) is 4.79 Å². The first-order valence-electron chi connectivity index (χ1n) is 7.38. The number of ketones is 1. The van der Waals surface area contributed by atoms with E-state index in [1.54, 1.807) is 13.1 Å². The van der Waals surface area contributed by atoms with Gasteiger partial charge in [-0.3, -0.25) is 4.79 Å². The molecule has 0 fully saturated rings. The Balaban J connectivity index is 1.77. The number of anilines is 3. The number of carbonyl (C=O) groups excluding carboxylic acids is 1. The third kappa shape index (κ3) is 3.54. The third-order valence-electron chi connectivity index (χ3n) is 3.35. The Hall–Kier alpha value is -3.29. The average molecular weight is 323 g/mol. The molecule has 0 aliphatic carbocycles. The Morgan fingerprint density at radius 3 is 2.83 bits per heavy atom. The highest BCUT2D eigenvalue weighted by Crippen LogP contribution is 2.16. The minimum absolute atomic E-state index is 0.0717. The molecule has 2 heterocycles. The molecule has 5 N–H and O–H groups in total. The van der Waals surface area contributed by atoms with E-state index < -0.39 is 0 Å². The number of nitrogens with zero attached hydrogens (tertiary/aromatic N) is 4. The summed E-state index contributed by atoms with van der Waals surface area (Å²) < 4.78 is 0. The van der Waals surface area contributed by atoms with E-state index in [0.29, 0.717) is 29.8 Å². The molecule has 0 spiro atoms. The van der Waals surface area contributed by atoms with Gasteiger partial charge in [-0.2, -0.15) is 9.97 Å². The molecule has 122 valence electrons. The summed E-state index contributed by atoms with van der Waals surface area (Å²) in [7, 11) is 0. The summed E-state index contributed by atoms with van der Waals surface area (Å²) in [6, 6.07) is 7.69. The zero-order valence-corrected chi connectivity index (χ0v) is 13.2. The molecule has 0 saturated carbocycles. The van der Waals surface area contributed by atoms with Crippen molar-refractivity contribution < 1.29 is 4.79 Å². The van der Waals surface area contributed by atoms with Crippen LogP contribution in [0.1, 0.15) is 18.2 Å². The lowest BCUT2D eigenvalue weighted by Gasteiger charge is -2.08. The molecule has 8 nitrogen and oxygen atoms in total. The number of Topliss-reactive ketones (excluding diaryl/α,β-unsaturated/α-hetero) is 1. The lowest BCUT2D eigenvalue weighted by Crippen LogP contribution is -2.07. The Morgan fingerprint density at radius 1 is 1.21 bits per heavy atom. The lowest BCUT2D eigenvalue weighted by molar-refractivity contribution is -0.116. The van der Waals surface area contributed by atoms with Crippen molar-refractivity contribution in [3.8, 4) is 0 Å². The van der Waals surface area contributed by atoms with Crippen LogP contribution in [-0.4, -0.2) is 25.7 Å². The normalized spacial score (nSPS) is 10.7. The summed E-state index contributed by atoms with van der Waals surface area (Å²) in [6.07, 6.45) is 2.03. The van der Waals surface area contributed by atoms with Crippen molar-refractivity contribution in [3.05, 3.63) is 41.7 Å². The topological polar surface area (TPSA) is 133 Å². The van der Waals surface area contributed by atoms with Crippen LogP contribution in [0.2, 0.25) is 0 Å². The third-order valence-corrected chi connectivity index (χ3v) is 3.35. The second-order valence-corrected chi connectivity index (χ2v) is 5.43. The number of nitrogens with one attached hydrogen (secondary N) is 1. The molecule has 0 aliphatic heterocycles. The number of hydrogen-bond acceptors (Lipinski definition) is 8. The Bertz CT molecular complexity index is 910. The van der Waals surface area contributed by atoms with Crippen molar-refractivity contribution in [3.63, 3.8) is 0 Å². The molecule has 24 heavy (non-hydrogen) atoms. The maximum Gasteiger partial charge on any atom is 0.224 e. The van der Waals surface area contributed by atoms with Crippen LogP contribution in [-0.2, 0) is 17.8 Å². The molecule has 0 unspecified atom stereocenters. The molecule has 8 heteroatoms. The molecule has 3 rings (SSSR count). The maximum absolute atomic E-state index is 11.2. The standard InChI is InChI=1S/C16H17N7O/c1-9(24)5-10-3-2-4-11(6-10)19-7-12-8-20-15-13(21-12)14(17)22-16(18)23-15/h2-4,6,8,19H,5,7H2,1H3,(H4,17,18,20,22,23). The number of aromatic nitrogens is 4. The van der Waals surface area contributed by atoms with Gasteiger partial charge >= 0.3 is 0 Å². The second kappa shape index (κ2) is 6.45. The van der Waals surface area contributed by atoms with Crippen LogP contribution < -0.4 is 16.8 Å². The van der Waals surface area contributed by atoms with E-state index in [0.717, 1.165) is 11.3 Å². The number of nitrogen functional groups attached to an aromatic ring is 2. The first kappa shape index (κ1) is 15.6. The SMILES string of the molecule is CC(=O)Cc1cccc(NCc2cnc3nc(N)nc(N)c3n2)c1. The number of nitrogens with two attached hydrogens (primary N) is 2. The zero-order valence-electron chi connectivity index (χ0n) is 13.2. The van der Waals surface area contributed by atoms with Crippen molar-refractivity contribution >= 4 is 34.4 Å². The van der Waals surface area contributed by atoms with E-state index >= 15 is 0 Å². The van der Waals surface area contributed by atoms with E-state index in [-0.39, 0.29) is 17.5 Å². The van der Waals surface area contributed by atoms with E-state index in [1.807, 2.05) is 24.3 Å². The molecular weight excluding hydrogens is 306 g/mol. The number of fused-ring (bicyclic) bond motifs is 1. The molecule has 0 saturated heterocycles. The van der Waals surface area contributed by atoms with E-state index in [2.05, 4.69) is 25.3 Å². The van der Waals surface area contributed by atoms with E-state index in [4.69, 9.17) is 11.5 Å². The Morgan fingerprint density at radius 2 is 2.04 bits per heavy atom. The maximum atomic E-state index is 11.2. The minimum Gasteiger partial charge on any atom is -0.382 e. The highest BCUT2D eigenvalue weighted by atomic mass is 16.1. The fourth-order valence-electron chi connectivity index (χ4n) is 2.34. The Labute approximate surface area is 138 Å². The van der Waals surface area contributed by atoms with Crippen LogP contribution in [0.15, 0.2) is 30.5 Å². The number of benzene rings is 1. The summed E-state index contributed by atoms with van der Waals surface area (Å²) in [5.41, 5.74) is 14.7. The predicted molar refractivity (Wildman–Crippen MR) is 92.1 cm³/mol. The van der Waals surface area contributed by atoms with Crippen molar-refractivity contribution in [1.82, 2.24) is 19.9 Å². The van der Waals surface area contributed by atoms with Crippen molar-refractivity contribution in [2.45, 2.75) is 19.9 Å². The van der Waals surface area contributed by atoms with Gasteiger partial charge in [0, 0.05) is 12.1 Å². The zero-order chi connectivity index (χ0) is 17.1. The van der Waals surface area contributed by atoms with Gasteiger partial charge in [-0.05, 0) is 24.6 Å². The molecule has 2 aromatic heterocycles. The van der Waals surface area contributed by atoms with Crippen molar-refractivity contribution in [2.75, 3.05) is 16.8 Å². The molecule has 0 amide bonds. The van der Waals surface area contributed by atoms with Crippen molar-refractivity contribution in [1.29, 1.82) is 0 Å². The second-order valence-electron chi connectivity index (χ2n) is 5.43. The quantitative estimate of drug-likeness (QED) is 0.640. The molecule has 0 bridgehead atoms. The predicted octanol–water partition coefficient (Wildman–Crippen LogP) is 1.33. The van der Waals surface area contributed by atoms with Gasteiger partial charge in [0.2, 0.25) is 5.95 Å². The van der Waals surface area contributed by atoms with Gasteiger partial charge in [-0.25, -0.2) is 9.97 Å². The Kier molecular flexibility index (Phi) is 4.19. The van der Waals surface area contributed by atoms with Crippen LogP contribution >= 0.6 is 0 Å². The van der Waals surface area contributed by atoms with Gasteiger partial charge in [0.25, 0.3) is 0 Å². The minimum atomic E-state index is 0.0717. The highest BCUT2D eigenvalue weighted by Gasteiger charge is 2.07. The fourth-order valence-corrected chi connectivity index (χ4v) is 2.34. The highest BCUT2D eigenvalue weighted by molar-refractivity contribution is 5.81. The molecular formula is C16H17N7O. The fraction of sp³-hybridized carbons (Fsp3) is 0.188. The summed E-state index contributed by atoms with van der Waals surface area (Å²) in [4.78, 5) is 27.7. The van der Waals surface area contributed by atoms with Gasteiger partial charge in [0.1, 0.15) is 5.78 Å². The summed E-state index contributed by atoms with van der Waals surface area (Å²) in [5, 5.41) is 3.25. The van der Waals surface area contributed by atoms with Gasteiger partial charge in [0.05, 0.1) is 18.4 Å². The van der Waals surface area contributed by atoms with Gasteiger partial charge in [-0.1, -0.05) is 12.1 Å². The van der Waals surface area contributed by atoms with Gasteiger partial charge in [0.15, 0.2) is 17.0 Å². The molecule has 0 atom stereocenters. The number of hydrogen-bond donors (Lipinski definition) is 3. The molecule has 0 aliphatic rings. The number of rotatable bonds is 5. The summed E-state index contributed by atoms with van der Waals surface area (Å²) >= 11 is 0. The van der Waals surface area contributed by atoms with E-state index in [1.165, 1.54) is 0 Å². The lowest BCUT2D eigenvalue weighted by atomic mass is 10.1. The largest absolute Gasteiger partial charge is 0.382 e. The summed E-state index contributed by atoms with van der Waals surface area (Å²) in [5.74, 6) is 0.403. The van der Waals surface area contributed by atoms with Gasteiger partial charge in [-0.15, -0.1) is 0 Å². The van der Waals surface area contributed by atoms with Crippen LogP contribution in [0.25, 0.3) is 11.2 Å². The molecule has 1 aromatic carbocycles. The van der Waals surface area contributed by atoms with Crippen LogP contribution in [0.3, 0.4) is 0 Å². The molecule has 3 aromatic rings. The first-order valence-corrected chi connectivity index (χ1v) is 7.38. The first-order chi connectivity index (χ1) is 11.5. The van der Waals surface area contributed by atoms with Gasteiger partial charge < -0.3 is 16.8 Å². The van der Waals surface area contributed by atoms with Crippen LogP contribution in [0, 0.1) is 0 Å². The van der Waals surface area contributed by atoms with Crippen LogP contribution in [0.5, 0.6) is 0 Å².